The summed E-state index contributed by atoms with van der Waals surface area (Å²) in [5.74, 6) is -3.23. The fourth-order valence-electron chi connectivity index (χ4n) is 14.5. The van der Waals surface area contributed by atoms with Gasteiger partial charge in [-0.2, -0.15) is 0 Å². The summed E-state index contributed by atoms with van der Waals surface area (Å²) < 4.78 is 29.9. The third kappa shape index (κ3) is 15.8. The van der Waals surface area contributed by atoms with Crippen molar-refractivity contribution in [2.45, 2.75) is 129 Å². The molecule has 9 amide bonds. The van der Waals surface area contributed by atoms with Gasteiger partial charge >= 0.3 is 6.09 Å². The molecule has 560 valence electrons. The molecular weight excluding hydrogens is 1370 g/mol. The van der Waals surface area contributed by atoms with Crippen LogP contribution in [0.4, 0.5) is 27.5 Å². The van der Waals surface area contributed by atoms with Crippen LogP contribution in [0.3, 0.4) is 0 Å². The number of amides is 9. The van der Waals surface area contributed by atoms with Gasteiger partial charge < -0.3 is 80.8 Å². The summed E-state index contributed by atoms with van der Waals surface area (Å²) in [7, 11) is 2.95. The topological polar surface area (TPSA) is 332 Å². The molecule has 6 heterocycles. The number of hydrazine groups is 2. The molecule has 107 heavy (non-hydrogen) atoms. The lowest BCUT2D eigenvalue weighted by atomic mass is 9.95. The van der Waals surface area contributed by atoms with Gasteiger partial charge in [-0.1, -0.05) is 98.8 Å². The summed E-state index contributed by atoms with van der Waals surface area (Å²) in [6, 6.07) is 35.3. The van der Waals surface area contributed by atoms with Crippen molar-refractivity contribution in [3.63, 3.8) is 0 Å². The van der Waals surface area contributed by atoms with Crippen molar-refractivity contribution in [3.8, 4) is 23.0 Å². The molecule has 5 atom stereocenters. The molecule has 1 spiro atoms. The van der Waals surface area contributed by atoms with Crippen molar-refractivity contribution in [1.82, 2.24) is 47.0 Å². The second-order valence-corrected chi connectivity index (χ2v) is 28.5. The van der Waals surface area contributed by atoms with E-state index in [-0.39, 0.29) is 97.2 Å². The molecule has 1 aliphatic carbocycles. The first kappa shape index (κ1) is 73.7. The molecule has 6 aliphatic heterocycles. The fourth-order valence-corrected chi connectivity index (χ4v) is 14.5. The number of rotatable bonds is 25. The highest BCUT2D eigenvalue weighted by Crippen LogP contribution is 2.57. The van der Waals surface area contributed by atoms with Crippen LogP contribution >= 0.6 is 0 Å². The molecule has 1 saturated heterocycles. The van der Waals surface area contributed by atoms with Crippen molar-refractivity contribution >= 4 is 93.1 Å². The van der Waals surface area contributed by atoms with Crippen molar-refractivity contribution < 1.29 is 71.9 Å². The summed E-state index contributed by atoms with van der Waals surface area (Å²) in [5.41, 5.74) is 15.8. The second kappa shape index (κ2) is 31.6. The predicted molar refractivity (Wildman–Crippen MR) is 398 cm³/mol. The van der Waals surface area contributed by atoms with E-state index in [1.165, 1.54) is 33.3 Å². The monoisotopic (exact) mass is 1460 g/mol. The van der Waals surface area contributed by atoms with Crippen molar-refractivity contribution in [2.75, 3.05) is 74.0 Å². The van der Waals surface area contributed by atoms with Crippen LogP contribution in [0.15, 0.2) is 134 Å². The number of carbonyl (C=O) groups excluding carboxylic acids is 9. The van der Waals surface area contributed by atoms with Gasteiger partial charge in [-0.25, -0.2) is 9.69 Å². The Hall–Kier alpha value is -11.7. The number of ether oxygens (including phenoxy) is 5. The average Bonchev–Trinajstić information content (AvgIpc) is 1.58. The van der Waals surface area contributed by atoms with Crippen LogP contribution in [0.5, 0.6) is 23.0 Å². The number of fused-ring (bicyclic) bond motifs is 8. The van der Waals surface area contributed by atoms with Gasteiger partial charge in [0.25, 0.3) is 11.8 Å². The lowest BCUT2D eigenvalue weighted by molar-refractivity contribution is -0.132. The number of hydrogen-bond acceptors (Lipinski definition) is 19. The normalized spacial score (nSPS) is 18.4. The number of anilines is 4. The van der Waals surface area contributed by atoms with Crippen molar-refractivity contribution in [1.29, 1.82) is 0 Å². The van der Waals surface area contributed by atoms with Crippen LogP contribution < -0.4 is 71.6 Å². The zero-order valence-corrected chi connectivity index (χ0v) is 60.7. The minimum Gasteiger partial charge on any atom is -0.493 e. The zero-order valence-electron chi connectivity index (χ0n) is 60.7. The molecule has 1 saturated carbocycles. The highest BCUT2D eigenvalue weighted by atomic mass is 16.6. The molecule has 13 rings (SSSR count). The molecule has 0 radical (unpaired) electrons. The maximum Gasteiger partial charge on any atom is 0.416 e. The number of nitrogens with one attached hydrogen (secondary N) is 8. The van der Waals surface area contributed by atoms with Crippen molar-refractivity contribution in [2.24, 2.45) is 11.3 Å². The number of carbonyl (C=O) groups is 9. The molecule has 28 nitrogen and oxygen atoms in total. The fraction of sp³-hybridized carbons (Fsp3) is 0.380. The lowest BCUT2D eigenvalue weighted by Gasteiger charge is -2.32. The summed E-state index contributed by atoms with van der Waals surface area (Å²) >= 11 is 0. The quantitative estimate of drug-likeness (QED) is 0.0252. The minimum atomic E-state index is -1.50. The van der Waals surface area contributed by atoms with Crippen molar-refractivity contribution in [3.05, 3.63) is 173 Å². The van der Waals surface area contributed by atoms with Gasteiger partial charge in [0.1, 0.15) is 18.7 Å². The van der Waals surface area contributed by atoms with Gasteiger partial charge in [0.15, 0.2) is 29.2 Å². The average molecular weight is 1460 g/mol. The summed E-state index contributed by atoms with van der Waals surface area (Å²) in [4.78, 5) is 129. The van der Waals surface area contributed by atoms with E-state index in [1.54, 1.807) is 64.9 Å². The number of methoxy groups -OCH3 is 2. The molecule has 7 aliphatic rings. The standard InChI is InChI=1S/C79H89N13O15/c1-45(2)70(85-68(95)40-82-67(94)39-81-66(93)26-27-69(96)89-41-50-18-11-12-19-54(50)71-72(92(46(3)4)87-86-71)55-20-13-14-21-59(55)89)74(98)83-47(5)73(97)84-52-24-22-48(23-25-52)43-107-78(102)91-60-36-65(63(104-7)34-57(60)76(100)90-44-79(28-29-79)37-61(90)77(91)101)106-31-15-30-105-64-35-58-56(33-62(64)103-6)75(99)88-42-51(32-53(88)38-80-58)49-16-9-8-10-17-49/h8-14,16-25,33-36,42,45-47,53,61,70,77,80,86-87,101H,15,26-32,37-41,43-44H2,1-7H3,(H,81,93)(H,82,94)(H,83,98)(H,84,97)(H,85,95)/t47-,53-,61-,70-,77?/m0/s1. The number of para-hydroxylation sites is 1. The largest absolute Gasteiger partial charge is 0.493 e. The van der Waals surface area contributed by atoms with Crippen LogP contribution in [0.2, 0.25) is 0 Å². The highest BCUT2D eigenvalue weighted by molar-refractivity contribution is 6.07. The number of aliphatic hydroxyl groups excluding tert-OH is 1. The van der Waals surface area contributed by atoms with E-state index >= 15 is 0 Å². The van der Waals surface area contributed by atoms with Crippen LogP contribution in [-0.2, 0) is 46.7 Å². The Morgan fingerprint density at radius 1 is 0.682 bits per heavy atom. The van der Waals surface area contributed by atoms with Crippen LogP contribution in [0.25, 0.3) is 17.0 Å². The van der Waals surface area contributed by atoms with E-state index in [0.717, 1.165) is 57.0 Å². The maximum atomic E-state index is 14.5. The smallest absolute Gasteiger partial charge is 0.416 e. The van der Waals surface area contributed by atoms with Gasteiger partial charge in [0, 0.05) is 73.5 Å². The Kier molecular flexibility index (Phi) is 21.7. The summed E-state index contributed by atoms with van der Waals surface area (Å²) in [6.45, 7) is 9.17. The van der Waals surface area contributed by atoms with E-state index < -0.39 is 79.0 Å². The van der Waals surface area contributed by atoms with Crippen LogP contribution in [-0.4, -0.2) is 163 Å². The Labute approximate surface area is 619 Å². The molecule has 28 heteroatoms. The SMILES string of the molecule is COc1cc2c(cc1OCCCOc1cc3c(cc1OC)C(=O)N1CC4(CC4)C[C@H]1C(O)N3C(=O)OCc1ccc(NC(=O)[C@H](C)NC(=O)[C@@H](NC(=O)CNC(=O)CNC(=O)CCC(=O)N3Cc4ccccc4C4=C(c5ccccc53)N(C(C)C)NN4)C(C)C)cc1)NC[C@@H]1CC(c3ccccc3)=CN1C2=O. The third-order valence-electron chi connectivity index (χ3n) is 20.5. The Balaban J connectivity index is 0.568. The van der Waals surface area contributed by atoms with Gasteiger partial charge in [-0.15, -0.1) is 5.53 Å². The third-order valence-corrected chi connectivity index (χ3v) is 20.5. The number of hydrogen-bond donors (Lipinski definition) is 9. The molecule has 2 fully saturated rings. The lowest BCUT2D eigenvalue weighted by Crippen LogP contribution is -2.55. The Bertz CT molecular complexity index is 4520. The molecule has 6 aromatic carbocycles. The van der Waals surface area contributed by atoms with Gasteiger partial charge in [-0.05, 0) is 110 Å². The molecule has 0 bridgehead atoms. The summed E-state index contributed by atoms with van der Waals surface area (Å²) in [6.07, 6.45) is 2.46. The number of benzene rings is 6. The minimum absolute atomic E-state index is 0.0585. The molecule has 6 aromatic rings. The maximum absolute atomic E-state index is 14.5. The molecule has 0 aromatic heterocycles. The first-order chi connectivity index (χ1) is 51.6. The van der Waals surface area contributed by atoms with E-state index in [1.807, 2.05) is 90.1 Å². The van der Waals surface area contributed by atoms with Gasteiger partial charge in [0.05, 0.1) is 98.7 Å². The number of aliphatic hydroxyl groups is 1. The first-order valence-corrected chi connectivity index (χ1v) is 36.1. The van der Waals surface area contributed by atoms with Gasteiger partial charge in [0.2, 0.25) is 35.4 Å². The molecule has 1 unspecified atom stereocenters. The Morgan fingerprint density at radius 3 is 2.07 bits per heavy atom. The van der Waals surface area contributed by atoms with E-state index in [2.05, 4.69) is 56.7 Å². The Morgan fingerprint density at radius 2 is 1.36 bits per heavy atom. The van der Waals surface area contributed by atoms with Gasteiger partial charge in [-0.3, -0.25) is 43.4 Å². The zero-order chi connectivity index (χ0) is 75.4. The molecule has 9 N–H and O–H groups in total. The predicted octanol–water partition coefficient (Wildman–Crippen LogP) is 7.41. The van der Waals surface area contributed by atoms with E-state index in [0.29, 0.717) is 72.0 Å². The number of nitrogens with zero attached hydrogens (tertiary/aromatic N) is 5. The second-order valence-electron chi connectivity index (χ2n) is 28.5. The highest BCUT2D eigenvalue weighted by Gasteiger charge is 2.58. The summed E-state index contributed by atoms with van der Waals surface area (Å²) in [5, 5.41) is 30.7. The van der Waals surface area contributed by atoms with E-state index in [9.17, 15) is 48.3 Å². The first-order valence-electron chi connectivity index (χ1n) is 36.1. The molecular formula is C79H89N13O15. The van der Waals surface area contributed by atoms with E-state index in [4.69, 9.17) is 23.7 Å². The van der Waals surface area contributed by atoms with Crippen LogP contribution in [0.1, 0.15) is 128 Å². The van der Waals surface area contributed by atoms with Crippen LogP contribution in [0, 0.1) is 11.3 Å².